The second-order valence-electron chi connectivity index (χ2n) is 7.58. The van der Waals surface area contributed by atoms with Gasteiger partial charge in [-0.1, -0.05) is 11.6 Å². The number of amides is 1. The number of pyridine rings is 1. The molecule has 2 aromatic rings. The van der Waals surface area contributed by atoms with Gasteiger partial charge in [0.15, 0.2) is 5.60 Å². The minimum atomic E-state index is -1.01. The van der Waals surface area contributed by atoms with E-state index in [0.29, 0.717) is 36.0 Å². The maximum absolute atomic E-state index is 13.0. The van der Waals surface area contributed by atoms with E-state index in [1.165, 1.54) is 6.07 Å². The van der Waals surface area contributed by atoms with Crippen LogP contribution in [0.2, 0.25) is 5.02 Å². The molecule has 3 rings (SSSR count). The van der Waals surface area contributed by atoms with Crippen molar-refractivity contribution in [2.75, 3.05) is 13.1 Å². The highest BCUT2D eigenvalue weighted by atomic mass is 35.5. The first kappa shape index (κ1) is 20.3. The van der Waals surface area contributed by atoms with Gasteiger partial charge in [-0.2, -0.15) is 0 Å². The first-order valence-corrected chi connectivity index (χ1v) is 9.62. The molecule has 1 aliphatic rings. The number of halogens is 1. The van der Waals surface area contributed by atoms with Crippen LogP contribution in [-0.4, -0.2) is 40.2 Å². The summed E-state index contributed by atoms with van der Waals surface area (Å²) in [6, 6.07) is 10.2. The van der Waals surface area contributed by atoms with Crippen LogP contribution in [0.1, 0.15) is 26.0 Å². The number of likely N-dealkylation sites (tertiary alicyclic amines) is 1. The number of hydrogen-bond acceptors (Lipinski definition) is 4. The smallest absolute Gasteiger partial charge is 0.266 e. The molecule has 28 heavy (non-hydrogen) atoms. The molecule has 1 aromatic carbocycles. The van der Waals surface area contributed by atoms with Gasteiger partial charge in [-0.25, -0.2) is 0 Å². The largest absolute Gasteiger partial charge is 0.488 e. The minimum Gasteiger partial charge on any atom is -0.488 e. The van der Waals surface area contributed by atoms with E-state index in [1.54, 1.807) is 54.6 Å². The number of nitrogens with zero attached hydrogens (tertiary/aromatic N) is 2. The highest BCUT2D eigenvalue weighted by molar-refractivity contribution is 6.30. The summed E-state index contributed by atoms with van der Waals surface area (Å²) in [7, 11) is 1.72. The molecule has 2 heterocycles. The third kappa shape index (κ3) is 4.50. The molecular weight excluding hydrogens is 380 g/mol. The molecular formula is C21H25ClN2O4. The predicted molar refractivity (Wildman–Crippen MR) is 108 cm³/mol. The number of benzene rings is 1. The Morgan fingerprint density at radius 1 is 1.18 bits per heavy atom. The number of aryl methyl sites for hydroxylation is 1. The van der Waals surface area contributed by atoms with Crippen molar-refractivity contribution in [3.8, 4) is 11.5 Å². The van der Waals surface area contributed by atoms with E-state index >= 15 is 0 Å². The normalized spacial score (nSPS) is 16.9. The Morgan fingerprint density at radius 3 is 2.50 bits per heavy atom. The zero-order valence-corrected chi connectivity index (χ0v) is 17.3. The number of ether oxygens (including phenoxy) is 2. The Labute approximate surface area is 169 Å². The molecule has 0 aliphatic carbocycles. The van der Waals surface area contributed by atoms with Crippen molar-refractivity contribution in [1.29, 1.82) is 0 Å². The van der Waals surface area contributed by atoms with Crippen LogP contribution >= 0.6 is 11.6 Å². The molecule has 1 fully saturated rings. The van der Waals surface area contributed by atoms with Gasteiger partial charge in [0, 0.05) is 36.8 Å². The van der Waals surface area contributed by atoms with E-state index in [1.807, 2.05) is 13.0 Å². The fraction of sp³-hybridized carbons (Fsp3) is 0.429. The molecule has 150 valence electrons. The van der Waals surface area contributed by atoms with Gasteiger partial charge in [0.2, 0.25) is 0 Å². The van der Waals surface area contributed by atoms with E-state index < -0.39 is 5.60 Å². The topological polar surface area (TPSA) is 60.8 Å². The van der Waals surface area contributed by atoms with E-state index in [0.717, 1.165) is 5.69 Å². The van der Waals surface area contributed by atoms with Crippen molar-refractivity contribution in [1.82, 2.24) is 9.47 Å². The summed E-state index contributed by atoms with van der Waals surface area (Å²) in [6.45, 7) is 6.40. The van der Waals surface area contributed by atoms with Crippen molar-refractivity contribution < 1.29 is 14.3 Å². The second-order valence-corrected chi connectivity index (χ2v) is 8.01. The van der Waals surface area contributed by atoms with Crippen LogP contribution < -0.4 is 15.0 Å². The zero-order chi connectivity index (χ0) is 20.5. The summed E-state index contributed by atoms with van der Waals surface area (Å²) < 4.78 is 13.4. The van der Waals surface area contributed by atoms with Crippen molar-refractivity contribution in [3.05, 3.63) is 57.5 Å². The summed E-state index contributed by atoms with van der Waals surface area (Å²) >= 11 is 5.89. The molecule has 1 aromatic heterocycles. The van der Waals surface area contributed by atoms with Crippen LogP contribution in [0.4, 0.5) is 0 Å². The standard InChI is InChI=1S/C21H25ClN2O4/c1-14-11-18(12-19(25)23(14)4)27-17-9-10-24(13-17)20(26)21(2,3)28-16-7-5-15(22)6-8-16/h5-8,11-12,17H,9-10,13H2,1-4H3. The average molecular weight is 405 g/mol. The molecule has 6 nitrogen and oxygen atoms in total. The minimum absolute atomic E-state index is 0.103. The van der Waals surface area contributed by atoms with E-state index in [-0.39, 0.29) is 17.6 Å². The molecule has 1 unspecified atom stereocenters. The Kier molecular flexibility index (Phi) is 5.70. The Bertz CT molecular complexity index is 921. The second kappa shape index (κ2) is 7.87. The van der Waals surface area contributed by atoms with Gasteiger partial charge in [-0.05, 0) is 51.1 Å². The summed E-state index contributed by atoms with van der Waals surface area (Å²) in [4.78, 5) is 26.6. The molecule has 0 N–H and O–H groups in total. The Balaban J connectivity index is 1.63. The molecule has 7 heteroatoms. The van der Waals surface area contributed by atoms with E-state index in [4.69, 9.17) is 21.1 Å². The molecule has 1 amide bonds. The zero-order valence-electron chi connectivity index (χ0n) is 16.6. The lowest BCUT2D eigenvalue weighted by Gasteiger charge is -2.30. The number of carbonyl (C=O) groups is 1. The van der Waals surface area contributed by atoms with Crippen LogP contribution in [0.3, 0.4) is 0 Å². The van der Waals surface area contributed by atoms with E-state index in [2.05, 4.69) is 0 Å². The van der Waals surface area contributed by atoms with Crippen molar-refractivity contribution in [3.63, 3.8) is 0 Å². The van der Waals surface area contributed by atoms with Crippen molar-refractivity contribution >= 4 is 17.5 Å². The Morgan fingerprint density at radius 2 is 1.86 bits per heavy atom. The van der Waals surface area contributed by atoms with Gasteiger partial charge >= 0.3 is 0 Å². The summed E-state index contributed by atoms with van der Waals surface area (Å²) in [5.41, 5.74) is -0.300. The first-order valence-electron chi connectivity index (χ1n) is 9.24. The van der Waals surface area contributed by atoms with Gasteiger partial charge in [0.05, 0.1) is 6.54 Å². The van der Waals surface area contributed by atoms with Crippen molar-refractivity contribution in [2.24, 2.45) is 7.05 Å². The number of rotatable bonds is 5. The van der Waals surface area contributed by atoms with Crippen LogP contribution in [0.15, 0.2) is 41.2 Å². The lowest BCUT2D eigenvalue weighted by Crippen LogP contribution is -2.48. The number of aromatic nitrogens is 1. The highest BCUT2D eigenvalue weighted by Crippen LogP contribution is 2.25. The van der Waals surface area contributed by atoms with Gasteiger partial charge in [-0.15, -0.1) is 0 Å². The average Bonchev–Trinajstić information content (AvgIpc) is 3.09. The predicted octanol–water partition coefficient (Wildman–Crippen LogP) is 3.18. The monoisotopic (exact) mass is 404 g/mol. The Hall–Kier alpha value is -2.47. The SMILES string of the molecule is Cc1cc(OC2CCN(C(=O)C(C)(C)Oc3ccc(Cl)cc3)C2)cc(=O)n1C. The third-order valence-corrected chi connectivity index (χ3v) is 5.17. The lowest BCUT2D eigenvalue weighted by molar-refractivity contribution is -0.144. The van der Waals surface area contributed by atoms with Gasteiger partial charge < -0.3 is 18.9 Å². The fourth-order valence-electron chi connectivity index (χ4n) is 3.23. The van der Waals surface area contributed by atoms with Gasteiger partial charge in [-0.3, -0.25) is 9.59 Å². The molecule has 0 saturated carbocycles. The fourth-order valence-corrected chi connectivity index (χ4v) is 3.35. The molecule has 1 saturated heterocycles. The molecule has 0 bridgehead atoms. The summed E-state index contributed by atoms with van der Waals surface area (Å²) in [6.07, 6.45) is 0.554. The highest BCUT2D eigenvalue weighted by Gasteiger charge is 2.38. The van der Waals surface area contributed by atoms with Crippen LogP contribution in [0.25, 0.3) is 0 Å². The van der Waals surface area contributed by atoms with Gasteiger partial charge in [0.1, 0.15) is 17.6 Å². The lowest BCUT2D eigenvalue weighted by atomic mass is 10.1. The maximum atomic E-state index is 13.0. The summed E-state index contributed by atoms with van der Waals surface area (Å²) in [5, 5.41) is 0.613. The van der Waals surface area contributed by atoms with Crippen LogP contribution in [0.5, 0.6) is 11.5 Å². The van der Waals surface area contributed by atoms with Crippen LogP contribution in [0, 0.1) is 6.92 Å². The third-order valence-electron chi connectivity index (χ3n) is 4.91. The maximum Gasteiger partial charge on any atom is 0.266 e. The van der Waals surface area contributed by atoms with Crippen LogP contribution in [-0.2, 0) is 11.8 Å². The molecule has 0 spiro atoms. The molecule has 1 atom stereocenters. The van der Waals surface area contributed by atoms with E-state index in [9.17, 15) is 9.59 Å². The van der Waals surface area contributed by atoms with Gasteiger partial charge in [0.25, 0.3) is 11.5 Å². The first-order chi connectivity index (χ1) is 13.2. The molecule has 1 aliphatic heterocycles. The van der Waals surface area contributed by atoms with Crippen molar-refractivity contribution in [2.45, 2.75) is 38.9 Å². The number of carbonyl (C=O) groups excluding carboxylic acids is 1. The number of hydrogen-bond donors (Lipinski definition) is 0. The molecule has 0 radical (unpaired) electrons. The quantitative estimate of drug-likeness (QED) is 0.767. The summed E-state index contributed by atoms with van der Waals surface area (Å²) in [5.74, 6) is 1.02.